The summed E-state index contributed by atoms with van der Waals surface area (Å²) in [6.45, 7) is 0. The number of rotatable bonds is 3. The Balaban J connectivity index is 1.81. The summed E-state index contributed by atoms with van der Waals surface area (Å²) in [4.78, 5) is 4.15. The second kappa shape index (κ2) is 6.29. The Kier molecular flexibility index (Phi) is 4.23. The number of pyridine rings is 1. The van der Waals surface area contributed by atoms with Gasteiger partial charge in [-0.15, -0.1) is 0 Å². The average Bonchev–Trinajstić information content (AvgIpc) is 2.52. The van der Waals surface area contributed by atoms with Gasteiger partial charge in [0.25, 0.3) is 0 Å². The van der Waals surface area contributed by atoms with Crippen LogP contribution < -0.4 is 4.74 Å². The molecule has 0 aliphatic rings. The highest BCUT2D eigenvalue weighted by Crippen LogP contribution is 2.30. The van der Waals surface area contributed by atoms with E-state index >= 15 is 0 Å². The number of halogens is 2. The third kappa shape index (κ3) is 3.43. The molecule has 0 saturated heterocycles. The van der Waals surface area contributed by atoms with Gasteiger partial charge in [-0.1, -0.05) is 54.1 Å². The zero-order valence-corrected chi connectivity index (χ0v) is 13.3. The minimum atomic E-state index is 0.492. The van der Waals surface area contributed by atoms with Crippen molar-refractivity contribution in [1.82, 2.24) is 4.98 Å². The SMILES string of the molecule is Clc1cnc(Oc2ccc(-c3ccccc3)cc2)c(Br)c1. The molecule has 0 saturated carbocycles. The number of hydrogen-bond donors (Lipinski definition) is 0. The fraction of sp³-hybridized carbons (Fsp3) is 0. The van der Waals surface area contributed by atoms with Crippen molar-refractivity contribution in [2.24, 2.45) is 0 Å². The van der Waals surface area contributed by atoms with Crippen molar-refractivity contribution in [3.8, 4) is 22.8 Å². The highest BCUT2D eigenvalue weighted by molar-refractivity contribution is 9.10. The summed E-state index contributed by atoms with van der Waals surface area (Å²) in [5.74, 6) is 1.22. The van der Waals surface area contributed by atoms with Crippen LogP contribution in [0.5, 0.6) is 11.6 Å². The highest BCUT2D eigenvalue weighted by Gasteiger charge is 2.05. The van der Waals surface area contributed by atoms with E-state index in [1.165, 1.54) is 5.56 Å². The molecule has 0 atom stereocenters. The molecule has 0 N–H and O–H groups in total. The molecule has 0 bridgehead atoms. The average molecular weight is 361 g/mol. The van der Waals surface area contributed by atoms with E-state index in [1.54, 1.807) is 12.3 Å². The first-order valence-electron chi connectivity index (χ1n) is 6.37. The van der Waals surface area contributed by atoms with E-state index < -0.39 is 0 Å². The largest absolute Gasteiger partial charge is 0.438 e. The van der Waals surface area contributed by atoms with Gasteiger partial charge in [-0.05, 0) is 45.3 Å². The third-order valence-corrected chi connectivity index (χ3v) is 3.72. The standard InChI is InChI=1S/C17H11BrClNO/c18-16-10-14(19)11-20-17(16)21-15-8-6-13(7-9-15)12-4-2-1-3-5-12/h1-11H. The molecular weight excluding hydrogens is 350 g/mol. The molecule has 1 aromatic heterocycles. The zero-order valence-electron chi connectivity index (χ0n) is 11.0. The first kappa shape index (κ1) is 14.1. The van der Waals surface area contributed by atoms with E-state index in [4.69, 9.17) is 16.3 Å². The summed E-state index contributed by atoms with van der Waals surface area (Å²) in [6.07, 6.45) is 1.56. The molecule has 0 fully saturated rings. The van der Waals surface area contributed by atoms with Gasteiger partial charge in [-0.3, -0.25) is 0 Å². The van der Waals surface area contributed by atoms with Crippen LogP contribution in [0.15, 0.2) is 71.3 Å². The summed E-state index contributed by atoms with van der Waals surface area (Å²) in [6, 6.07) is 19.8. The molecule has 1 heterocycles. The smallest absolute Gasteiger partial charge is 0.233 e. The van der Waals surface area contributed by atoms with Crippen LogP contribution in [-0.2, 0) is 0 Å². The summed E-state index contributed by atoms with van der Waals surface area (Å²) in [7, 11) is 0. The van der Waals surface area contributed by atoms with Crippen molar-refractivity contribution >= 4 is 27.5 Å². The predicted octanol–water partition coefficient (Wildman–Crippen LogP) is 5.96. The quantitative estimate of drug-likeness (QED) is 0.575. The minimum absolute atomic E-state index is 0.492. The number of hydrogen-bond acceptors (Lipinski definition) is 2. The zero-order chi connectivity index (χ0) is 14.7. The molecule has 2 aromatic carbocycles. The van der Waals surface area contributed by atoms with Gasteiger partial charge in [0.05, 0.1) is 9.50 Å². The second-order valence-electron chi connectivity index (χ2n) is 4.43. The lowest BCUT2D eigenvalue weighted by molar-refractivity contribution is 0.460. The van der Waals surface area contributed by atoms with E-state index in [0.29, 0.717) is 10.9 Å². The molecule has 0 aliphatic heterocycles. The molecule has 0 spiro atoms. The molecule has 0 radical (unpaired) electrons. The molecule has 4 heteroatoms. The minimum Gasteiger partial charge on any atom is -0.438 e. The summed E-state index contributed by atoms with van der Waals surface area (Å²) in [5, 5.41) is 0.564. The Hall–Kier alpha value is -1.84. The van der Waals surface area contributed by atoms with Gasteiger partial charge < -0.3 is 4.74 Å². The van der Waals surface area contributed by atoms with Crippen molar-refractivity contribution in [3.63, 3.8) is 0 Å². The van der Waals surface area contributed by atoms with Crippen LogP contribution in [0.2, 0.25) is 5.02 Å². The molecule has 21 heavy (non-hydrogen) atoms. The number of benzene rings is 2. The number of aromatic nitrogens is 1. The van der Waals surface area contributed by atoms with Crippen LogP contribution in [-0.4, -0.2) is 4.98 Å². The molecule has 3 rings (SSSR count). The Morgan fingerprint density at radius 2 is 1.57 bits per heavy atom. The number of nitrogens with zero attached hydrogens (tertiary/aromatic N) is 1. The summed E-state index contributed by atoms with van der Waals surface area (Å²) < 4.78 is 6.46. The van der Waals surface area contributed by atoms with Crippen molar-refractivity contribution < 1.29 is 4.74 Å². The summed E-state index contributed by atoms with van der Waals surface area (Å²) in [5.41, 5.74) is 2.32. The lowest BCUT2D eigenvalue weighted by atomic mass is 10.1. The van der Waals surface area contributed by atoms with Crippen molar-refractivity contribution in [1.29, 1.82) is 0 Å². The topological polar surface area (TPSA) is 22.1 Å². The van der Waals surface area contributed by atoms with Crippen molar-refractivity contribution in [2.45, 2.75) is 0 Å². The fourth-order valence-corrected chi connectivity index (χ4v) is 2.65. The fourth-order valence-electron chi connectivity index (χ4n) is 1.93. The normalized spacial score (nSPS) is 10.4. The maximum atomic E-state index is 5.86. The summed E-state index contributed by atoms with van der Waals surface area (Å²) >= 11 is 9.24. The second-order valence-corrected chi connectivity index (χ2v) is 5.72. The van der Waals surface area contributed by atoms with Gasteiger partial charge in [0.2, 0.25) is 5.88 Å². The Morgan fingerprint density at radius 1 is 0.905 bits per heavy atom. The van der Waals surface area contributed by atoms with Crippen LogP contribution in [0.4, 0.5) is 0 Å². The highest BCUT2D eigenvalue weighted by atomic mass is 79.9. The van der Waals surface area contributed by atoms with Crippen LogP contribution >= 0.6 is 27.5 Å². The molecule has 0 amide bonds. The first-order valence-corrected chi connectivity index (χ1v) is 7.54. The van der Waals surface area contributed by atoms with Crippen molar-refractivity contribution in [2.75, 3.05) is 0 Å². The molecule has 0 aliphatic carbocycles. The van der Waals surface area contributed by atoms with Gasteiger partial charge in [-0.25, -0.2) is 4.98 Å². The Labute approximate surface area is 136 Å². The van der Waals surface area contributed by atoms with Crippen LogP contribution in [0.25, 0.3) is 11.1 Å². The molecule has 2 nitrogen and oxygen atoms in total. The van der Waals surface area contributed by atoms with E-state index in [2.05, 4.69) is 33.0 Å². The van der Waals surface area contributed by atoms with Gasteiger partial charge in [0.1, 0.15) is 5.75 Å². The molecule has 0 unspecified atom stereocenters. The lowest BCUT2D eigenvalue weighted by Gasteiger charge is -2.08. The maximum Gasteiger partial charge on any atom is 0.233 e. The van der Waals surface area contributed by atoms with Gasteiger partial charge in [-0.2, -0.15) is 0 Å². The monoisotopic (exact) mass is 359 g/mol. The lowest BCUT2D eigenvalue weighted by Crippen LogP contribution is -1.89. The van der Waals surface area contributed by atoms with Gasteiger partial charge in [0, 0.05) is 6.20 Å². The maximum absolute atomic E-state index is 5.86. The predicted molar refractivity (Wildman–Crippen MR) is 88.9 cm³/mol. The Morgan fingerprint density at radius 3 is 2.24 bits per heavy atom. The van der Waals surface area contributed by atoms with Crippen LogP contribution in [0.3, 0.4) is 0 Å². The first-order chi connectivity index (χ1) is 10.2. The molecule has 3 aromatic rings. The van der Waals surface area contributed by atoms with Crippen LogP contribution in [0.1, 0.15) is 0 Å². The Bertz CT molecular complexity index is 744. The van der Waals surface area contributed by atoms with E-state index in [-0.39, 0.29) is 0 Å². The third-order valence-electron chi connectivity index (χ3n) is 2.95. The van der Waals surface area contributed by atoms with Gasteiger partial charge >= 0.3 is 0 Å². The van der Waals surface area contributed by atoms with E-state index in [1.807, 2.05) is 42.5 Å². The van der Waals surface area contributed by atoms with E-state index in [9.17, 15) is 0 Å². The molecular formula is C17H11BrClNO. The van der Waals surface area contributed by atoms with E-state index in [0.717, 1.165) is 15.8 Å². The van der Waals surface area contributed by atoms with Crippen LogP contribution in [0, 0.1) is 0 Å². The number of ether oxygens (including phenoxy) is 1. The molecule has 104 valence electrons. The van der Waals surface area contributed by atoms with Crippen molar-refractivity contribution in [3.05, 3.63) is 76.4 Å². The van der Waals surface area contributed by atoms with Gasteiger partial charge in [0.15, 0.2) is 0 Å².